The smallest absolute Gasteiger partial charge is 0.328 e. The van der Waals surface area contributed by atoms with Crippen molar-refractivity contribution in [1.82, 2.24) is 15.3 Å². The first kappa shape index (κ1) is 20.3. The molecule has 6 rings (SSSR count). The first-order chi connectivity index (χ1) is 15.5. The number of nitriles is 1. The van der Waals surface area contributed by atoms with Gasteiger partial charge in [0.15, 0.2) is 6.29 Å². The molecule has 164 valence electrons. The molecule has 2 aromatic heterocycles. The van der Waals surface area contributed by atoms with Crippen LogP contribution in [0.1, 0.15) is 47.3 Å². The van der Waals surface area contributed by atoms with Gasteiger partial charge in [-0.15, -0.1) is 0 Å². The second-order valence-electron chi connectivity index (χ2n) is 8.45. The quantitative estimate of drug-likeness (QED) is 0.631. The molecular formula is C22H22FN7O2. The predicted octanol–water partition coefficient (Wildman–Crippen LogP) is 2.70. The minimum atomic E-state index is -1.51. The fourth-order valence-corrected chi connectivity index (χ4v) is 4.67. The summed E-state index contributed by atoms with van der Waals surface area (Å²) < 4.78 is 15.0. The monoisotopic (exact) mass is 435 g/mol. The molecule has 0 atom stereocenters. The van der Waals surface area contributed by atoms with E-state index in [9.17, 15) is 14.9 Å². The van der Waals surface area contributed by atoms with Crippen LogP contribution in [0.15, 0.2) is 24.4 Å². The number of nitrogens with zero attached hydrogens (tertiary/aromatic N) is 4. The second-order valence-corrected chi connectivity index (χ2v) is 8.45. The summed E-state index contributed by atoms with van der Waals surface area (Å²) in [5.41, 5.74) is -0.0535. The van der Waals surface area contributed by atoms with E-state index >= 15 is 4.39 Å². The van der Waals surface area contributed by atoms with Crippen LogP contribution in [0.4, 0.5) is 26.5 Å². The average Bonchev–Trinajstić information content (AvgIpc) is 2.79. The fraction of sp³-hybridized carbons (Fsp3) is 0.409. The maximum Gasteiger partial charge on any atom is 0.328 e. The highest BCUT2D eigenvalue weighted by Crippen LogP contribution is 2.55. The Morgan fingerprint density at radius 2 is 2.12 bits per heavy atom. The van der Waals surface area contributed by atoms with Gasteiger partial charge in [-0.25, -0.2) is 19.2 Å². The lowest BCUT2D eigenvalue weighted by Crippen LogP contribution is -2.60. The normalized spacial score (nSPS) is 24.0. The maximum atomic E-state index is 15.0. The van der Waals surface area contributed by atoms with E-state index in [1.165, 1.54) is 23.2 Å². The summed E-state index contributed by atoms with van der Waals surface area (Å²) in [7, 11) is 0. The first-order valence-corrected chi connectivity index (χ1v) is 10.6. The summed E-state index contributed by atoms with van der Waals surface area (Å²) in [4.78, 5) is 34.1. The molecule has 2 aromatic rings. The summed E-state index contributed by atoms with van der Waals surface area (Å²) >= 11 is 0. The number of carbonyl (C=O) groups is 2. The van der Waals surface area contributed by atoms with E-state index in [2.05, 4.69) is 32.0 Å². The Bertz CT molecular complexity index is 1120. The molecule has 2 fully saturated rings. The number of halogens is 1. The zero-order valence-electron chi connectivity index (χ0n) is 17.3. The van der Waals surface area contributed by atoms with Crippen LogP contribution >= 0.6 is 0 Å². The highest BCUT2D eigenvalue weighted by Gasteiger charge is 2.57. The molecule has 1 aliphatic carbocycles. The topological polar surface area (TPSA) is 123 Å². The van der Waals surface area contributed by atoms with E-state index in [4.69, 9.17) is 0 Å². The van der Waals surface area contributed by atoms with E-state index in [1.54, 1.807) is 6.07 Å². The molecule has 4 aliphatic rings. The third-order valence-electron chi connectivity index (χ3n) is 6.39. The maximum absolute atomic E-state index is 15.0. The largest absolute Gasteiger partial charge is 0.381 e. The van der Waals surface area contributed by atoms with E-state index in [-0.39, 0.29) is 42.3 Å². The lowest BCUT2D eigenvalue weighted by molar-refractivity contribution is 0.0284. The zero-order chi connectivity index (χ0) is 22.3. The van der Waals surface area contributed by atoms with E-state index in [0.717, 1.165) is 25.9 Å². The number of amides is 2. The Morgan fingerprint density at radius 3 is 2.84 bits per heavy atom. The van der Waals surface area contributed by atoms with Gasteiger partial charge in [-0.2, -0.15) is 5.26 Å². The average molecular weight is 435 g/mol. The van der Waals surface area contributed by atoms with Gasteiger partial charge in [0.05, 0.1) is 11.3 Å². The number of nitrogens with one attached hydrogen (secondary N) is 3. The highest BCUT2D eigenvalue weighted by atomic mass is 19.1. The number of urea groups is 1. The number of aromatic nitrogens is 2. The fourth-order valence-electron chi connectivity index (χ4n) is 4.67. The molecular weight excluding hydrogens is 413 g/mol. The van der Waals surface area contributed by atoms with Crippen molar-refractivity contribution in [3.8, 4) is 6.07 Å². The number of carbonyl (C=O) groups excluding carboxylic acids is 2. The SMILES string of the molecule is N#Cc1cnc(NC(=O)N2c3nc(C=O)ccc3C3(F)CC2C3)cc1NC1CCNCC1. The number of hydrogen-bond acceptors (Lipinski definition) is 7. The van der Waals surface area contributed by atoms with Crippen molar-refractivity contribution in [2.75, 3.05) is 28.6 Å². The van der Waals surface area contributed by atoms with Gasteiger partial charge in [-0.3, -0.25) is 15.0 Å². The zero-order valence-corrected chi connectivity index (χ0v) is 17.3. The van der Waals surface area contributed by atoms with Crippen molar-refractivity contribution in [2.24, 2.45) is 0 Å². The van der Waals surface area contributed by atoms with Crippen molar-refractivity contribution in [3.05, 3.63) is 41.2 Å². The minimum Gasteiger partial charge on any atom is -0.381 e. The van der Waals surface area contributed by atoms with Crippen LogP contribution in [0.2, 0.25) is 0 Å². The van der Waals surface area contributed by atoms with E-state index in [0.29, 0.717) is 23.1 Å². The van der Waals surface area contributed by atoms with Crippen molar-refractivity contribution in [3.63, 3.8) is 0 Å². The standard InChI is InChI=1S/C22H22FN7O2/c23-22-8-16(9-22)30(20-17(22)2-1-15(12-31)28-20)21(32)29-19-7-18(13(10-24)11-26-19)27-14-3-5-25-6-4-14/h1-2,7,11-12,14,16,25H,3-6,8-9H2,(H2,26,27,29,32). The second kappa shape index (κ2) is 7.84. The van der Waals surface area contributed by atoms with E-state index in [1.807, 2.05) is 0 Å². The third kappa shape index (κ3) is 3.44. The van der Waals surface area contributed by atoms with Crippen LogP contribution in [-0.4, -0.2) is 47.5 Å². The molecule has 10 heteroatoms. The van der Waals surface area contributed by atoms with Gasteiger partial charge < -0.3 is 10.6 Å². The van der Waals surface area contributed by atoms with Crippen molar-refractivity contribution in [2.45, 2.75) is 43.4 Å². The van der Waals surface area contributed by atoms with Gasteiger partial charge in [-0.1, -0.05) is 0 Å². The molecule has 9 nitrogen and oxygen atoms in total. The lowest BCUT2D eigenvalue weighted by Gasteiger charge is -2.52. The van der Waals surface area contributed by atoms with Crippen LogP contribution < -0.4 is 20.9 Å². The van der Waals surface area contributed by atoms with Crippen LogP contribution in [-0.2, 0) is 5.67 Å². The molecule has 0 unspecified atom stereocenters. The van der Waals surface area contributed by atoms with Gasteiger partial charge in [-0.05, 0) is 38.1 Å². The Balaban J connectivity index is 1.40. The van der Waals surface area contributed by atoms with Gasteiger partial charge >= 0.3 is 6.03 Å². The molecule has 0 radical (unpaired) electrons. The molecule has 0 spiro atoms. The summed E-state index contributed by atoms with van der Waals surface area (Å²) in [6, 6.07) is 6.14. The van der Waals surface area contributed by atoms with Gasteiger partial charge in [0.1, 0.15) is 29.1 Å². The molecule has 32 heavy (non-hydrogen) atoms. The predicted molar refractivity (Wildman–Crippen MR) is 115 cm³/mol. The number of hydrogen-bond donors (Lipinski definition) is 3. The molecule has 1 saturated carbocycles. The van der Waals surface area contributed by atoms with E-state index < -0.39 is 11.7 Å². The molecule has 1 saturated heterocycles. The van der Waals surface area contributed by atoms with Crippen LogP contribution in [0.5, 0.6) is 0 Å². The van der Waals surface area contributed by atoms with Crippen LogP contribution in [0.3, 0.4) is 0 Å². The third-order valence-corrected chi connectivity index (χ3v) is 6.39. The summed E-state index contributed by atoms with van der Waals surface area (Å²) in [5, 5.41) is 18.9. The van der Waals surface area contributed by atoms with Crippen LogP contribution in [0.25, 0.3) is 0 Å². The molecule has 3 N–H and O–H groups in total. The number of pyridine rings is 2. The Hall–Kier alpha value is -3.58. The highest BCUT2D eigenvalue weighted by molar-refractivity contribution is 6.03. The molecule has 3 aliphatic heterocycles. The number of anilines is 3. The van der Waals surface area contributed by atoms with Crippen molar-refractivity contribution >= 4 is 29.6 Å². The van der Waals surface area contributed by atoms with Gasteiger partial charge in [0.2, 0.25) is 0 Å². The summed E-state index contributed by atoms with van der Waals surface area (Å²) in [5.74, 6) is 0.439. The summed E-state index contributed by atoms with van der Waals surface area (Å²) in [6.45, 7) is 1.80. The number of aldehydes is 1. The Labute approximate surface area is 184 Å². The molecule has 0 aromatic carbocycles. The van der Waals surface area contributed by atoms with Crippen LogP contribution in [0, 0.1) is 11.3 Å². The minimum absolute atomic E-state index is 0.136. The Morgan fingerprint density at radius 1 is 1.34 bits per heavy atom. The Kier molecular flexibility index (Phi) is 4.98. The lowest BCUT2D eigenvalue weighted by atomic mass is 9.69. The van der Waals surface area contributed by atoms with Gasteiger partial charge in [0.25, 0.3) is 0 Å². The summed E-state index contributed by atoms with van der Waals surface area (Å²) in [6.07, 6.45) is 4.23. The van der Waals surface area contributed by atoms with Crippen molar-refractivity contribution in [1.29, 1.82) is 5.26 Å². The van der Waals surface area contributed by atoms with Gasteiger partial charge in [0, 0.05) is 42.8 Å². The number of piperidine rings is 1. The molecule has 2 amide bonds. The number of alkyl halides is 1. The molecule has 5 heterocycles. The number of rotatable bonds is 4. The first-order valence-electron chi connectivity index (χ1n) is 10.6. The van der Waals surface area contributed by atoms with Crippen molar-refractivity contribution < 1.29 is 14.0 Å². The molecule has 2 bridgehead atoms.